The fourth-order valence-corrected chi connectivity index (χ4v) is 2.52. The molecule has 1 heterocycles. The molecule has 2 fully saturated rings. The third-order valence-corrected chi connectivity index (χ3v) is 3.19. The van der Waals surface area contributed by atoms with Crippen LogP contribution in [0.1, 0.15) is 58.8 Å². The zero-order valence-electron chi connectivity index (χ0n) is 10.1. The average Bonchev–Trinajstić information content (AvgIpc) is 2.79. The molecule has 1 saturated heterocycles. The summed E-state index contributed by atoms with van der Waals surface area (Å²) in [4.78, 5) is 2.66. The second-order valence-corrected chi connectivity index (χ2v) is 4.87. The average molecular weight is 197 g/mol. The standard InChI is InChI=1S/C10H19N.C3H8/c1-2-6-10(5-1)9-11-7-3-4-8-11;1-3-2/h10H,1-9H2;3H2,1-2H3. The maximum absolute atomic E-state index is 2.66. The molecule has 0 aromatic heterocycles. The summed E-state index contributed by atoms with van der Waals surface area (Å²) in [5.41, 5.74) is 0. The molecule has 14 heavy (non-hydrogen) atoms. The molecule has 0 N–H and O–H groups in total. The fraction of sp³-hybridized carbons (Fsp3) is 1.00. The van der Waals surface area contributed by atoms with E-state index in [1.54, 1.807) is 0 Å². The lowest BCUT2D eigenvalue weighted by molar-refractivity contribution is 0.280. The van der Waals surface area contributed by atoms with E-state index >= 15 is 0 Å². The molecule has 2 aliphatic rings. The van der Waals surface area contributed by atoms with Gasteiger partial charge in [0.1, 0.15) is 0 Å². The molecule has 0 aromatic carbocycles. The second kappa shape index (κ2) is 7.28. The van der Waals surface area contributed by atoms with Crippen LogP contribution in [0.2, 0.25) is 0 Å². The maximum atomic E-state index is 2.66. The Morgan fingerprint density at radius 2 is 1.43 bits per heavy atom. The zero-order valence-corrected chi connectivity index (χ0v) is 10.1. The van der Waals surface area contributed by atoms with E-state index in [9.17, 15) is 0 Å². The Balaban J connectivity index is 0.000000293. The lowest BCUT2D eigenvalue weighted by atomic mass is 10.1. The molecule has 0 spiro atoms. The molecule has 0 unspecified atom stereocenters. The second-order valence-electron chi connectivity index (χ2n) is 4.87. The summed E-state index contributed by atoms with van der Waals surface area (Å²) in [6.07, 6.45) is 10.2. The van der Waals surface area contributed by atoms with Crippen LogP contribution in [-0.2, 0) is 0 Å². The first-order chi connectivity index (χ1) is 6.86. The highest BCUT2D eigenvalue weighted by atomic mass is 15.1. The number of likely N-dealkylation sites (tertiary alicyclic amines) is 1. The molecule has 0 bridgehead atoms. The van der Waals surface area contributed by atoms with Crippen molar-refractivity contribution in [3.63, 3.8) is 0 Å². The van der Waals surface area contributed by atoms with Gasteiger partial charge in [0.2, 0.25) is 0 Å². The van der Waals surface area contributed by atoms with Crippen LogP contribution in [-0.4, -0.2) is 24.5 Å². The van der Waals surface area contributed by atoms with Crippen molar-refractivity contribution >= 4 is 0 Å². The molecule has 0 amide bonds. The van der Waals surface area contributed by atoms with Gasteiger partial charge >= 0.3 is 0 Å². The SMILES string of the molecule is C1CCC(CN2CCCC2)C1.CCC. The van der Waals surface area contributed by atoms with Gasteiger partial charge in [0.15, 0.2) is 0 Å². The summed E-state index contributed by atoms with van der Waals surface area (Å²) in [6.45, 7) is 8.44. The van der Waals surface area contributed by atoms with Gasteiger partial charge in [0.25, 0.3) is 0 Å². The van der Waals surface area contributed by atoms with Crippen LogP contribution in [0.15, 0.2) is 0 Å². The fourth-order valence-electron chi connectivity index (χ4n) is 2.52. The highest BCUT2D eigenvalue weighted by Gasteiger charge is 2.19. The first-order valence-corrected chi connectivity index (χ1v) is 6.59. The molecule has 0 radical (unpaired) electrons. The first-order valence-electron chi connectivity index (χ1n) is 6.59. The van der Waals surface area contributed by atoms with Gasteiger partial charge in [-0.15, -0.1) is 0 Å². The Labute approximate surface area is 89.9 Å². The van der Waals surface area contributed by atoms with E-state index in [1.807, 2.05) is 0 Å². The largest absolute Gasteiger partial charge is 0.303 e. The normalized spacial score (nSPS) is 23.6. The van der Waals surface area contributed by atoms with Crippen molar-refractivity contribution < 1.29 is 0 Å². The molecule has 1 aliphatic carbocycles. The van der Waals surface area contributed by atoms with E-state index in [4.69, 9.17) is 0 Å². The van der Waals surface area contributed by atoms with Gasteiger partial charge in [-0.05, 0) is 44.7 Å². The topological polar surface area (TPSA) is 3.24 Å². The van der Waals surface area contributed by atoms with Crippen molar-refractivity contribution in [1.29, 1.82) is 0 Å². The zero-order chi connectivity index (χ0) is 10.2. The highest BCUT2D eigenvalue weighted by molar-refractivity contribution is 4.74. The van der Waals surface area contributed by atoms with Gasteiger partial charge in [-0.25, -0.2) is 0 Å². The van der Waals surface area contributed by atoms with Crippen molar-refractivity contribution in [2.45, 2.75) is 58.8 Å². The third kappa shape index (κ3) is 4.45. The highest BCUT2D eigenvalue weighted by Crippen LogP contribution is 2.26. The van der Waals surface area contributed by atoms with E-state index < -0.39 is 0 Å². The minimum absolute atomic E-state index is 1.06. The maximum Gasteiger partial charge on any atom is 0.000966 e. The Morgan fingerprint density at radius 3 is 1.93 bits per heavy atom. The number of rotatable bonds is 2. The van der Waals surface area contributed by atoms with Gasteiger partial charge in [-0.3, -0.25) is 0 Å². The lowest BCUT2D eigenvalue weighted by Gasteiger charge is -2.18. The Kier molecular flexibility index (Phi) is 6.25. The summed E-state index contributed by atoms with van der Waals surface area (Å²) in [6, 6.07) is 0. The van der Waals surface area contributed by atoms with Crippen molar-refractivity contribution in [2.75, 3.05) is 19.6 Å². The van der Waals surface area contributed by atoms with Crippen LogP contribution in [0.5, 0.6) is 0 Å². The number of hydrogen-bond donors (Lipinski definition) is 0. The number of hydrogen-bond acceptors (Lipinski definition) is 1. The third-order valence-electron chi connectivity index (χ3n) is 3.19. The van der Waals surface area contributed by atoms with Gasteiger partial charge in [-0.1, -0.05) is 33.1 Å². The van der Waals surface area contributed by atoms with Gasteiger partial charge < -0.3 is 4.90 Å². The number of nitrogens with zero attached hydrogens (tertiary/aromatic N) is 1. The van der Waals surface area contributed by atoms with E-state index in [0.717, 1.165) is 5.92 Å². The molecule has 1 heteroatoms. The van der Waals surface area contributed by atoms with Crippen molar-refractivity contribution in [3.05, 3.63) is 0 Å². The quantitative estimate of drug-likeness (QED) is 0.652. The van der Waals surface area contributed by atoms with Gasteiger partial charge in [0.05, 0.1) is 0 Å². The molecular weight excluding hydrogens is 170 g/mol. The molecule has 1 aliphatic heterocycles. The van der Waals surface area contributed by atoms with Crippen LogP contribution in [0, 0.1) is 5.92 Å². The predicted molar refractivity (Wildman–Crippen MR) is 63.6 cm³/mol. The monoisotopic (exact) mass is 197 g/mol. The molecule has 1 nitrogen and oxygen atoms in total. The van der Waals surface area contributed by atoms with Crippen LogP contribution >= 0.6 is 0 Å². The van der Waals surface area contributed by atoms with Crippen molar-refractivity contribution in [2.24, 2.45) is 5.92 Å². The van der Waals surface area contributed by atoms with Crippen LogP contribution in [0.25, 0.3) is 0 Å². The minimum Gasteiger partial charge on any atom is -0.303 e. The van der Waals surface area contributed by atoms with E-state index in [1.165, 1.54) is 64.6 Å². The Hall–Kier alpha value is -0.0400. The molecule has 0 aromatic rings. The summed E-state index contributed by atoms with van der Waals surface area (Å²) in [5.74, 6) is 1.06. The molecule has 0 atom stereocenters. The van der Waals surface area contributed by atoms with Crippen LogP contribution in [0.4, 0.5) is 0 Å². The molecule has 84 valence electrons. The summed E-state index contributed by atoms with van der Waals surface area (Å²) < 4.78 is 0. The summed E-state index contributed by atoms with van der Waals surface area (Å²) in [5, 5.41) is 0. The Morgan fingerprint density at radius 1 is 0.929 bits per heavy atom. The smallest absolute Gasteiger partial charge is 0.000966 e. The van der Waals surface area contributed by atoms with E-state index in [2.05, 4.69) is 18.7 Å². The van der Waals surface area contributed by atoms with Crippen molar-refractivity contribution in [3.8, 4) is 0 Å². The molecular formula is C13H27N. The summed E-state index contributed by atoms with van der Waals surface area (Å²) >= 11 is 0. The molecule has 2 rings (SSSR count). The van der Waals surface area contributed by atoms with E-state index in [-0.39, 0.29) is 0 Å². The van der Waals surface area contributed by atoms with Gasteiger partial charge in [0, 0.05) is 6.54 Å². The van der Waals surface area contributed by atoms with Gasteiger partial charge in [-0.2, -0.15) is 0 Å². The predicted octanol–water partition coefficient (Wildman–Crippen LogP) is 3.69. The first kappa shape index (κ1) is 12.0. The Bertz CT molecular complexity index is 107. The summed E-state index contributed by atoms with van der Waals surface area (Å²) in [7, 11) is 0. The molecule has 1 saturated carbocycles. The van der Waals surface area contributed by atoms with E-state index in [0.29, 0.717) is 0 Å². The van der Waals surface area contributed by atoms with Crippen LogP contribution < -0.4 is 0 Å². The van der Waals surface area contributed by atoms with Crippen LogP contribution in [0.3, 0.4) is 0 Å². The lowest BCUT2D eigenvalue weighted by Crippen LogP contribution is -2.25. The van der Waals surface area contributed by atoms with Crippen molar-refractivity contribution in [1.82, 2.24) is 4.90 Å². The minimum atomic E-state index is 1.06.